The predicted molar refractivity (Wildman–Crippen MR) is 58.2 cm³/mol. The summed E-state index contributed by atoms with van der Waals surface area (Å²) in [6, 6.07) is 0. The molecule has 1 saturated heterocycles. The summed E-state index contributed by atoms with van der Waals surface area (Å²) in [4.78, 5) is 13.4. The van der Waals surface area contributed by atoms with Gasteiger partial charge in [0.15, 0.2) is 0 Å². The van der Waals surface area contributed by atoms with Crippen LogP contribution in [-0.2, 0) is 4.79 Å². The lowest BCUT2D eigenvalue weighted by molar-refractivity contribution is -0.131. The first kappa shape index (κ1) is 11.5. The fourth-order valence-electron chi connectivity index (χ4n) is 1.79. The highest BCUT2D eigenvalue weighted by Crippen LogP contribution is 2.04. The monoisotopic (exact) mass is 198 g/mol. The molecule has 1 fully saturated rings. The van der Waals surface area contributed by atoms with Gasteiger partial charge in [0.1, 0.15) is 0 Å². The number of nitrogens with zero attached hydrogens (tertiary/aromatic N) is 1. The molecule has 1 rings (SSSR count). The van der Waals surface area contributed by atoms with E-state index in [-0.39, 0.29) is 5.91 Å². The van der Waals surface area contributed by atoms with E-state index in [0.717, 1.165) is 19.6 Å². The second kappa shape index (κ2) is 6.82. The molecule has 0 aromatic heterocycles. The molecule has 0 bridgehead atoms. The van der Waals surface area contributed by atoms with Gasteiger partial charge in [-0.05, 0) is 6.42 Å². The molecule has 3 nitrogen and oxygen atoms in total. The van der Waals surface area contributed by atoms with Gasteiger partial charge in [-0.15, -0.1) is 0 Å². The molecule has 0 unspecified atom stereocenters. The largest absolute Gasteiger partial charge is 0.340 e. The van der Waals surface area contributed by atoms with Crippen LogP contribution in [0.5, 0.6) is 0 Å². The summed E-state index contributed by atoms with van der Waals surface area (Å²) in [5, 5.41) is 3.08. The molecule has 14 heavy (non-hydrogen) atoms. The van der Waals surface area contributed by atoms with Crippen molar-refractivity contribution >= 4 is 5.91 Å². The molecule has 1 aliphatic rings. The standard InChI is InChI=1S/C11H22N2O/c1-2-3-4-5-6-8-13-9-7-12-10-11(13)14/h12H,2-10H2,1H3. The van der Waals surface area contributed by atoms with E-state index < -0.39 is 0 Å². The number of piperazine rings is 1. The topological polar surface area (TPSA) is 32.3 Å². The fourth-order valence-corrected chi connectivity index (χ4v) is 1.79. The molecule has 0 spiro atoms. The number of amides is 1. The third kappa shape index (κ3) is 4.09. The van der Waals surface area contributed by atoms with Crippen molar-refractivity contribution in [1.82, 2.24) is 10.2 Å². The van der Waals surface area contributed by atoms with E-state index in [1.807, 2.05) is 4.90 Å². The molecule has 3 heteroatoms. The Morgan fingerprint density at radius 3 is 2.79 bits per heavy atom. The van der Waals surface area contributed by atoms with Crippen LogP contribution >= 0.6 is 0 Å². The average molecular weight is 198 g/mol. The third-order valence-electron chi connectivity index (χ3n) is 2.72. The van der Waals surface area contributed by atoms with E-state index in [2.05, 4.69) is 12.2 Å². The third-order valence-corrected chi connectivity index (χ3v) is 2.72. The summed E-state index contributed by atoms with van der Waals surface area (Å²) >= 11 is 0. The molecule has 82 valence electrons. The molecule has 1 aliphatic heterocycles. The van der Waals surface area contributed by atoms with Crippen LogP contribution in [-0.4, -0.2) is 37.0 Å². The molecular weight excluding hydrogens is 176 g/mol. The Balaban J connectivity index is 2.02. The molecule has 0 saturated carbocycles. The number of rotatable bonds is 6. The van der Waals surface area contributed by atoms with Gasteiger partial charge in [-0.2, -0.15) is 0 Å². The minimum Gasteiger partial charge on any atom is -0.340 e. The van der Waals surface area contributed by atoms with Gasteiger partial charge in [0, 0.05) is 19.6 Å². The molecular formula is C11H22N2O. The van der Waals surface area contributed by atoms with Crippen LogP contribution in [0.15, 0.2) is 0 Å². The Morgan fingerprint density at radius 2 is 2.07 bits per heavy atom. The summed E-state index contributed by atoms with van der Waals surface area (Å²) < 4.78 is 0. The van der Waals surface area contributed by atoms with Crippen LogP contribution in [0.3, 0.4) is 0 Å². The normalized spacial score (nSPS) is 17.5. The maximum atomic E-state index is 11.4. The van der Waals surface area contributed by atoms with E-state index in [1.54, 1.807) is 0 Å². The zero-order valence-corrected chi connectivity index (χ0v) is 9.22. The van der Waals surface area contributed by atoms with Gasteiger partial charge in [-0.3, -0.25) is 4.79 Å². The first-order valence-electron chi connectivity index (χ1n) is 5.83. The first-order valence-corrected chi connectivity index (χ1v) is 5.83. The quantitative estimate of drug-likeness (QED) is 0.654. The maximum absolute atomic E-state index is 11.4. The zero-order valence-electron chi connectivity index (χ0n) is 9.22. The Labute approximate surface area is 86.9 Å². The SMILES string of the molecule is CCCCCCCN1CCNCC1=O. The molecule has 0 radical (unpaired) electrons. The molecule has 0 aromatic rings. The summed E-state index contributed by atoms with van der Waals surface area (Å²) in [5.74, 6) is 0.270. The molecule has 1 heterocycles. The predicted octanol–water partition coefficient (Wildman–Crippen LogP) is 1.39. The van der Waals surface area contributed by atoms with Crippen LogP contribution in [0, 0.1) is 0 Å². The van der Waals surface area contributed by atoms with E-state index in [1.165, 1.54) is 32.1 Å². The second-order valence-electron chi connectivity index (χ2n) is 3.97. The number of nitrogens with one attached hydrogen (secondary N) is 1. The summed E-state index contributed by atoms with van der Waals surface area (Å²) in [7, 11) is 0. The minimum atomic E-state index is 0.270. The lowest BCUT2D eigenvalue weighted by Gasteiger charge is -2.27. The lowest BCUT2D eigenvalue weighted by Crippen LogP contribution is -2.48. The van der Waals surface area contributed by atoms with Crippen molar-refractivity contribution in [1.29, 1.82) is 0 Å². The van der Waals surface area contributed by atoms with Crippen LogP contribution in [0.2, 0.25) is 0 Å². The molecule has 0 atom stereocenters. The molecule has 1 amide bonds. The number of carbonyl (C=O) groups excluding carboxylic acids is 1. The van der Waals surface area contributed by atoms with Crippen molar-refractivity contribution in [2.45, 2.75) is 39.0 Å². The Bertz CT molecular complexity index is 171. The Kier molecular flexibility index (Phi) is 5.60. The Hall–Kier alpha value is -0.570. The van der Waals surface area contributed by atoms with Gasteiger partial charge in [-0.25, -0.2) is 0 Å². The number of carbonyl (C=O) groups is 1. The average Bonchev–Trinajstić information content (AvgIpc) is 2.20. The molecule has 1 N–H and O–H groups in total. The van der Waals surface area contributed by atoms with Gasteiger partial charge < -0.3 is 10.2 Å². The number of hydrogen-bond acceptors (Lipinski definition) is 2. The summed E-state index contributed by atoms with van der Waals surface area (Å²) in [6.45, 7) is 5.58. The fraction of sp³-hybridized carbons (Fsp3) is 0.909. The van der Waals surface area contributed by atoms with Crippen molar-refractivity contribution in [3.63, 3.8) is 0 Å². The summed E-state index contributed by atoms with van der Waals surface area (Å²) in [6.07, 6.45) is 6.37. The second-order valence-corrected chi connectivity index (χ2v) is 3.97. The smallest absolute Gasteiger partial charge is 0.236 e. The van der Waals surface area contributed by atoms with Crippen LogP contribution < -0.4 is 5.32 Å². The Morgan fingerprint density at radius 1 is 1.29 bits per heavy atom. The van der Waals surface area contributed by atoms with Gasteiger partial charge in [0.25, 0.3) is 0 Å². The zero-order chi connectivity index (χ0) is 10.2. The van der Waals surface area contributed by atoms with Gasteiger partial charge in [0.2, 0.25) is 5.91 Å². The highest BCUT2D eigenvalue weighted by molar-refractivity contribution is 5.78. The van der Waals surface area contributed by atoms with E-state index in [4.69, 9.17) is 0 Å². The lowest BCUT2D eigenvalue weighted by atomic mass is 10.1. The van der Waals surface area contributed by atoms with Crippen molar-refractivity contribution in [3.8, 4) is 0 Å². The highest BCUT2D eigenvalue weighted by Gasteiger charge is 2.16. The van der Waals surface area contributed by atoms with Gasteiger partial charge >= 0.3 is 0 Å². The van der Waals surface area contributed by atoms with Crippen molar-refractivity contribution in [2.24, 2.45) is 0 Å². The van der Waals surface area contributed by atoms with Crippen molar-refractivity contribution in [2.75, 3.05) is 26.2 Å². The van der Waals surface area contributed by atoms with Crippen molar-refractivity contribution in [3.05, 3.63) is 0 Å². The van der Waals surface area contributed by atoms with Gasteiger partial charge in [0.05, 0.1) is 6.54 Å². The van der Waals surface area contributed by atoms with Gasteiger partial charge in [-0.1, -0.05) is 32.6 Å². The number of hydrogen-bond donors (Lipinski definition) is 1. The van der Waals surface area contributed by atoms with Crippen LogP contribution in [0.4, 0.5) is 0 Å². The van der Waals surface area contributed by atoms with Crippen LogP contribution in [0.25, 0.3) is 0 Å². The van der Waals surface area contributed by atoms with Crippen LogP contribution in [0.1, 0.15) is 39.0 Å². The minimum absolute atomic E-state index is 0.270. The highest BCUT2D eigenvalue weighted by atomic mass is 16.2. The first-order chi connectivity index (χ1) is 6.84. The van der Waals surface area contributed by atoms with E-state index >= 15 is 0 Å². The van der Waals surface area contributed by atoms with E-state index in [9.17, 15) is 4.79 Å². The van der Waals surface area contributed by atoms with Crippen molar-refractivity contribution < 1.29 is 4.79 Å². The maximum Gasteiger partial charge on any atom is 0.236 e. The van der Waals surface area contributed by atoms with E-state index in [0.29, 0.717) is 6.54 Å². The molecule has 0 aromatic carbocycles. The molecule has 0 aliphatic carbocycles. The summed E-state index contributed by atoms with van der Waals surface area (Å²) in [5.41, 5.74) is 0. The number of unbranched alkanes of at least 4 members (excludes halogenated alkanes) is 4.